The van der Waals surface area contributed by atoms with Crippen LogP contribution in [0.2, 0.25) is 0 Å². The summed E-state index contributed by atoms with van der Waals surface area (Å²) >= 11 is 0. The van der Waals surface area contributed by atoms with Crippen LogP contribution in [0.5, 0.6) is 11.5 Å². The van der Waals surface area contributed by atoms with Crippen LogP contribution >= 0.6 is 0 Å². The average Bonchev–Trinajstić information content (AvgIpc) is 3.26. The Kier molecular flexibility index (Phi) is 6.12. The lowest BCUT2D eigenvalue weighted by atomic mass is 10.2. The van der Waals surface area contributed by atoms with Crippen LogP contribution in [0.15, 0.2) is 36.7 Å². The van der Waals surface area contributed by atoms with Gasteiger partial charge in [0, 0.05) is 6.54 Å². The van der Waals surface area contributed by atoms with Gasteiger partial charge in [0.15, 0.2) is 5.75 Å². The normalized spacial score (nSPS) is 19.3. The molecule has 0 radical (unpaired) electrons. The summed E-state index contributed by atoms with van der Waals surface area (Å²) in [7, 11) is 0. The molecule has 2 atom stereocenters. The number of para-hydroxylation sites is 1. The molecule has 1 aliphatic rings. The molecular weight excluding hydrogens is 334 g/mol. The van der Waals surface area contributed by atoms with Gasteiger partial charge in [-0.1, -0.05) is 18.2 Å². The van der Waals surface area contributed by atoms with Gasteiger partial charge >= 0.3 is 0 Å². The second kappa shape index (κ2) is 8.71. The minimum atomic E-state index is -0.217. The van der Waals surface area contributed by atoms with Crippen LogP contribution < -0.4 is 14.8 Å². The number of aryl methyl sites for hydroxylation is 2. The molecule has 2 aromatic rings. The van der Waals surface area contributed by atoms with Crippen LogP contribution in [-0.4, -0.2) is 47.7 Å². The molecule has 0 saturated carbocycles. The van der Waals surface area contributed by atoms with E-state index in [2.05, 4.69) is 10.4 Å². The molecule has 0 aliphatic carbocycles. The van der Waals surface area contributed by atoms with E-state index in [1.165, 1.54) is 0 Å². The maximum absolute atomic E-state index is 12.2. The second-order valence-electron chi connectivity index (χ2n) is 6.26. The third-order valence-electron chi connectivity index (χ3n) is 4.28. The first kappa shape index (κ1) is 18.3. The fourth-order valence-electron chi connectivity index (χ4n) is 2.79. The van der Waals surface area contributed by atoms with Gasteiger partial charge in [0.05, 0.1) is 44.7 Å². The van der Waals surface area contributed by atoms with E-state index in [1.807, 2.05) is 44.3 Å². The molecule has 7 nitrogen and oxygen atoms in total. The molecular formula is C19H25N3O4. The summed E-state index contributed by atoms with van der Waals surface area (Å²) in [6.45, 7) is 5.99. The highest BCUT2D eigenvalue weighted by molar-refractivity contribution is 5.76. The number of benzene rings is 1. The van der Waals surface area contributed by atoms with E-state index in [4.69, 9.17) is 14.2 Å². The maximum Gasteiger partial charge on any atom is 0.223 e. The molecule has 1 saturated heterocycles. The molecule has 7 heteroatoms. The van der Waals surface area contributed by atoms with Gasteiger partial charge < -0.3 is 19.5 Å². The first-order valence-corrected chi connectivity index (χ1v) is 8.90. The number of aromatic nitrogens is 2. The standard InChI is InChI=1S/C19H25N3O4/c1-3-22-11-15(10-20-22)26-18-13-24-12-16(18)21-19(23)8-9-25-17-7-5-4-6-14(17)2/h4-7,10-11,16,18H,3,8-9,12-13H2,1-2H3,(H,21,23)/t16-,18+/m0/s1. The van der Waals surface area contributed by atoms with Crippen molar-refractivity contribution >= 4 is 5.91 Å². The molecule has 3 rings (SSSR count). The number of nitrogens with one attached hydrogen (secondary N) is 1. The van der Waals surface area contributed by atoms with Crippen molar-refractivity contribution in [1.82, 2.24) is 15.1 Å². The SMILES string of the molecule is CCn1cc(O[C@@H]2COC[C@@H]2NC(=O)CCOc2ccccc2C)cn1. The van der Waals surface area contributed by atoms with E-state index in [0.29, 0.717) is 25.6 Å². The number of carbonyl (C=O) groups excluding carboxylic acids is 1. The van der Waals surface area contributed by atoms with Crippen LogP contribution in [0.1, 0.15) is 18.9 Å². The maximum atomic E-state index is 12.2. The number of hydrogen-bond donors (Lipinski definition) is 1. The lowest BCUT2D eigenvalue weighted by Gasteiger charge is -2.19. The van der Waals surface area contributed by atoms with E-state index in [-0.39, 0.29) is 24.5 Å². The molecule has 0 spiro atoms. The first-order valence-electron chi connectivity index (χ1n) is 8.90. The highest BCUT2D eigenvalue weighted by Gasteiger charge is 2.31. The zero-order chi connectivity index (χ0) is 18.4. The average molecular weight is 359 g/mol. The summed E-state index contributed by atoms with van der Waals surface area (Å²) in [5.41, 5.74) is 1.05. The summed E-state index contributed by atoms with van der Waals surface area (Å²) in [5.74, 6) is 1.41. The van der Waals surface area contributed by atoms with Gasteiger partial charge in [-0.25, -0.2) is 0 Å². The van der Waals surface area contributed by atoms with E-state index in [0.717, 1.165) is 17.9 Å². The molecule has 1 aliphatic heterocycles. The van der Waals surface area contributed by atoms with Gasteiger partial charge in [-0.2, -0.15) is 5.10 Å². The second-order valence-corrected chi connectivity index (χ2v) is 6.26. The Bertz CT molecular complexity index is 731. The van der Waals surface area contributed by atoms with Crippen molar-refractivity contribution in [3.05, 3.63) is 42.2 Å². The van der Waals surface area contributed by atoms with Crippen LogP contribution in [0.25, 0.3) is 0 Å². The molecule has 1 N–H and O–H groups in total. The minimum Gasteiger partial charge on any atom is -0.493 e. The molecule has 0 bridgehead atoms. The lowest BCUT2D eigenvalue weighted by Crippen LogP contribution is -2.45. The van der Waals surface area contributed by atoms with Gasteiger partial charge in [-0.15, -0.1) is 0 Å². The zero-order valence-corrected chi connectivity index (χ0v) is 15.2. The quantitative estimate of drug-likeness (QED) is 0.780. The van der Waals surface area contributed by atoms with Crippen molar-refractivity contribution in [3.63, 3.8) is 0 Å². The summed E-state index contributed by atoms with van der Waals surface area (Å²) in [4.78, 5) is 12.2. The molecule has 1 fully saturated rings. The van der Waals surface area contributed by atoms with Gasteiger partial charge in [-0.3, -0.25) is 9.48 Å². The third kappa shape index (κ3) is 4.76. The Balaban J connectivity index is 1.44. The third-order valence-corrected chi connectivity index (χ3v) is 4.28. The lowest BCUT2D eigenvalue weighted by molar-refractivity contribution is -0.122. The van der Waals surface area contributed by atoms with Gasteiger partial charge in [0.1, 0.15) is 11.9 Å². The summed E-state index contributed by atoms with van der Waals surface area (Å²) in [5, 5.41) is 7.16. The van der Waals surface area contributed by atoms with E-state index in [1.54, 1.807) is 10.9 Å². The Hall–Kier alpha value is -2.54. The van der Waals surface area contributed by atoms with E-state index >= 15 is 0 Å². The predicted octanol–water partition coefficient (Wildman–Crippen LogP) is 1.94. The van der Waals surface area contributed by atoms with Crippen molar-refractivity contribution in [2.45, 2.75) is 39.0 Å². The number of hydrogen-bond acceptors (Lipinski definition) is 5. The Morgan fingerprint density at radius 2 is 2.23 bits per heavy atom. The Morgan fingerprint density at radius 3 is 3.00 bits per heavy atom. The van der Waals surface area contributed by atoms with Crippen molar-refractivity contribution in [2.75, 3.05) is 19.8 Å². The predicted molar refractivity (Wildman–Crippen MR) is 96.4 cm³/mol. The summed E-state index contributed by atoms with van der Waals surface area (Å²) in [6, 6.07) is 7.58. The van der Waals surface area contributed by atoms with E-state index in [9.17, 15) is 4.79 Å². The van der Waals surface area contributed by atoms with Crippen molar-refractivity contribution in [1.29, 1.82) is 0 Å². The number of ether oxygens (including phenoxy) is 3. The highest BCUT2D eigenvalue weighted by atomic mass is 16.5. The van der Waals surface area contributed by atoms with Crippen LogP contribution in [-0.2, 0) is 16.1 Å². The summed E-state index contributed by atoms with van der Waals surface area (Å²) in [6.07, 6.45) is 3.58. The molecule has 0 unspecified atom stereocenters. The molecule has 26 heavy (non-hydrogen) atoms. The number of carbonyl (C=O) groups is 1. The number of amides is 1. The van der Waals surface area contributed by atoms with E-state index < -0.39 is 0 Å². The Morgan fingerprint density at radius 1 is 1.38 bits per heavy atom. The largest absolute Gasteiger partial charge is 0.493 e. The topological polar surface area (TPSA) is 74.6 Å². The Labute approximate surface area is 153 Å². The molecule has 1 aromatic heterocycles. The monoisotopic (exact) mass is 359 g/mol. The minimum absolute atomic E-state index is 0.0769. The first-order chi connectivity index (χ1) is 12.7. The number of rotatable bonds is 8. The van der Waals surface area contributed by atoms with Crippen molar-refractivity contribution in [3.8, 4) is 11.5 Å². The smallest absolute Gasteiger partial charge is 0.223 e. The van der Waals surface area contributed by atoms with Gasteiger partial charge in [-0.05, 0) is 25.5 Å². The van der Waals surface area contributed by atoms with Crippen molar-refractivity contribution < 1.29 is 19.0 Å². The van der Waals surface area contributed by atoms with Gasteiger partial charge in [0.25, 0.3) is 0 Å². The zero-order valence-electron chi connectivity index (χ0n) is 15.2. The molecule has 140 valence electrons. The fraction of sp³-hybridized carbons (Fsp3) is 0.474. The van der Waals surface area contributed by atoms with Crippen molar-refractivity contribution in [2.24, 2.45) is 0 Å². The fourth-order valence-corrected chi connectivity index (χ4v) is 2.79. The summed E-state index contributed by atoms with van der Waals surface area (Å²) < 4.78 is 18.8. The number of nitrogens with zero attached hydrogens (tertiary/aromatic N) is 2. The highest BCUT2D eigenvalue weighted by Crippen LogP contribution is 2.18. The van der Waals surface area contributed by atoms with Gasteiger partial charge in [0.2, 0.25) is 5.91 Å². The molecule has 2 heterocycles. The van der Waals surface area contributed by atoms with Crippen LogP contribution in [0.3, 0.4) is 0 Å². The molecule has 1 amide bonds. The van der Waals surface area contributed by atoms with Crippen LogP contribution in [0, 0.1) is 6.92 Å². The molecule has 1 aromatic carbocycles. The van der Waals surface area contributed by atoms with Crippen LogP contribution in [0.4, 0.5) is 0 Å².